The Morgan fingerprint density at radius 3 is 2.47 bits per heavy atom. The van der Waals surface area contributed by atoms with E-state index in [1.807, 2.05) is 11.8 Å². The predicted molar refractivity (Wildman–Crippen MR) is 66.3 cm³/mol. The Morgan fingerprint density at radius 2 is 2.00 bits per heavy atom. The maximum Gasteiger partial charge on any atom is 0.236 e. The van der Waals surface area contributed by atoms with Gasteiger partial charge in [0.15, 0.2) is 0 Å². The molecule has 0 atom stereocenters. The minimum Gasteiger partial charge on any atom is -0.348 e. The Morgan fingerprint density at radius 1 is 1.40 bits per heavy atom. The molecule has 0 heterocycles. The van der Waals surface area contributed by atoms with Gasteiger partial charge in [0, 0.05) is 25.4 Å². The maximum atomic E-state index is 11.4. The van der Waals surface area contributed by atoms with Crippen molar-refractivity contribution in [1.29, 1.82) is 0 Å². The van der Waals surface area contributed by atoms with Crippen LogP contribution in [0.2, 0.25) is 0 Å². The van der Waals surface area contributed by atoms with Gasteiger partial charge in [0.05, 0.1) is 6.54 Å². The fraction of sp³-hybridized carbons (Fsp3) is 0.909. The van der Waals surface area contributed by atoms with E-state index in [0.29, 0.717) is 11.3 Å². The number of rotatable bonds is 5. The van der Waals surface area contributed by atoms with Crippen molar-refractivity contribution >= 4 is 17.7 Å². The molecule has 1 aliphatic rings. The molecule has 1 saturated carbocycles. The van der Waals surface area contributed by atoms with Crippen LogP contribution < -0.4 is 5.32 Å². The molecule has 0 aliphatic heterocycles. The van der Waals surface area contributed by atoms with Crippen molar-refractivity contribution < 1.29 is 4.79 Å². The van der Waals surface area contributed by atoms with Crippen molar-refractivity contribution in [2.45, 2.75) is 30.4 Å². The van der Waals surface area contributed by atoms with Crippen LogP contribution in [0.5, 0.6) is 0 Å². The highest BCUT2D eigenvalue weighted by molar-refractivity contribution is 8.00. The van der Waals surface area contributed by atoms with E-state index in [1.165, 1.54) is 25.7 Å². The number of hydrogen-bond acceptors (Lipinski definition) is 3. The lowest BCUT2D eigenvalue weighted by Gasteiger charge is -2.27. The summed E-state index contributed by atoms with van der Waals surface area (Å²) in [7, 11) is 3.59. The molecule has 88 valence electrons. The summed E-state index contributed by atoms with van der Waals surface area (Å²) in [4.78, 5) is 13.0. The molecule has 1 N–H and O–H groups in total. The zero-order valence-corrected chi connectivity index (χ0v) is 10.8. The minimum absolute atomic E-state index is 0.157. The summed E-state index contributed by atoms with van der Waals surface area (Å²) >= 11 is 1.95. The van der Waals surface area contributed by atoms with Gasteiger partial charge in [-0.05, 0) is 19.1 Å². The second-order valence-corrected chi connectivity index (χ2v) is 5.76. The standard InChI is InChI=1S/C11H22N2OS/c1-13(2)10(14)8-12-9-11(15-3)6-4-5-7-11/h12H,4-9H2,1-3H3. The Balaban J connectivity index is 2.26. The van der Waals surface area contributed by atoms with Crippen molar-refractivity contribution in [2.24, 2.45) is 0 Å². The van der Waals surface area contributed by atoms with Crippen molar-refractivity contribution in [3.63, 3.8) is 0 Å². The third-order valence-corrected chi connectivity index (χ3v) is 4.59. The quantitative estimate of drug-likeness (QED) is 0.773. The number of hydrogen-bond donors (Lipinski definition) is 1. The molecule has 1 fully saturated rings. The van der Waals surface area contributed by atoms with Gasteiger partial charge in [-0.15, -0.1) is 0 Å². The van der Waals surface area contributed by atoms with E-state index in [4.69, 9.17) is 0 Å². The van der Waals surface area contributed by atoms with Gasteiger partial charge in [0.25, 0.3) is 0 Å². The topological polar surface area (TPSA) is 32.3 Å². The number of carbonyl (C=O) groups is 1. The van der Waals surface area contributed by atoms with Crippen LogP contribution in [0.25, 0.3) is 0 Å². The zero-order chi connectivity index (χ0) is 11.3. The third kappa shape index (κ3) is 3.68. The molecule has 0 spiro atoms. The van der Waals surface area contributed by atoms with Gasteiger partial charge in [-0.2, -0.15) is 11.8 Å². The Labute approximate surface area is 97.0 Å². The molecular weight excluding hydrogens is 208 g/mol. The van der Waals surface area contributed by atoms with Crippen LogP contribution in [0, 0.1) is 0 Å². The van der Waals surface area contributed by atoms with Gasteiger partial charge >= 0.3 is 0 Å². The number of likely N-dealkylation sites (N-methyl/N-ethyl adjacent to an activating group) is 1. The van der Waals surface area contributed by atoms with Crippen molar-refractivity contribution in [2.75, 3.05) is 33.4 Å². The van der Waals surface area contributed by atoms with E-state index in [-0.39, 0.29) is 5.91 Å². The lowest BCUT2D eigenvalue weighted by Crippen LogP contribution is -2.40. The molecule has 0 radical (unpaired) electrons. The molecule has 0 aromatic heterocycles. The van der Waals surface area contributed by atoms with Gasteiger partial charge in [-0.25, -0.2) is 0 Å². The SMILES string of the molecule is CSC1(CNCC(=O)N(C)C)CCCC1. The largest absolute Gasteiger partial charge is 0.348 e. The number of nitrogens with one attached hydrogen (secondary N) is 1. The molecule has 4 heteroatoms. The smallest absolute Gasteiger partial charge is 0.236 e. The summed E-state index contributed by atoms with van der Waals surface area (Å²) in [5, 5.41) is 3.29. The molecule has 1 rings (SSSR count). The van der Waals surface area contributed by atoms with E-state index in [0.717, 1.165) is 6.54 Å². The summed E-state index contributed by atoms with van der Waals surface area (Å²) in [5.41, 5.74) is 0. The maximum absolute atomic E-state index is 11.4. The van der Waals surface area contributed by atoms with E-state index >= 15 is 0 Å². The molecule has 1 aliphatic carbocycles. The molecule has 1 amide bonds. The first-order chi connectivity index (χ1) is 7.09. The Kier molecular flexibility index (Phi) is 4.93. The predicted octanol–water partition coefficient (Wildman–Crippen LogP) is 1.34. The molecule has 3 nitrogen and oxygen atoms in total. The van der Waals surface area contributed by atoms with Gasteiger partial charge in [-0.1, -0.05) is 12.8 Å². The molecule has 0 unspecified atom stereocenters. The first-order valence-corrected chi connectivity index (χ1v) is 6.78. The van der Waals surface area contributed by atoms with Crippen molar-refractivity contribution in [3.05, 3.63) is 0 Å². The summed E-state index contributed by atoms with van der Waals surface area (Å²) in [5.74, 6) is 0.157. The number of nitrogens with zero attached hydrogens (tertiary/aromatic N) is 1. The number of carbonyl (C=O) groups excluding carboxylic acids is 1. The van der Waals surface area contributed by atoms with Gasteiger partial charge in [0.1, 0.15) is 0 Å². The third-order valence-electron chi connectivity index (χ3n) is 3.17. The highest BCUT2D eigenvalue weighted by atomic mass is 32.2. The first kappa shape index (κ1) is 12.8. The zero-order valence-electron chi connectivity index (χ0n) is 10.0. The van der Waals surface area contributed by atoms with Crippen LogP contribution >= 0.6 is 11.8 Å². The van der Waals surface area contributed by atoms with Crippen LogP contribution in [0.15, 0.2) is 0 Å². The second-order valence-electron chi connectivity index (χ2n) is 4.49. The Hall–Kier alpha value is -0.220. The van der Waals surface area contributed by atoms with Crippen molar-refractivity contribution in [3.8, 4) is 0 Å². The second kappa shape index (κ2) is 5.75. The van der Waals surface area contributed by atoms with Crippen LogP contribution in [-0.4, -0.2) is 49.0 Å². The number of thioether (sulfide) groups is 1. The van der Waals surface area contributed by atoms with E-state index in [1.54, 1.807) is 19.0 Å². The summed E-state index contributed by atoms with van der Waals surface area (Å²) in [6.07, 6.45) is 7.43. The molecule has 0 saturated heterocycles. The minimum atomic E-state index is 0.157. The molecule has 0 aromatic carbocycles. The van der Waals surface area contributed by atoms with Crippen LogP contribution in [0.4, 0.5) is 0 Å². The fourth-order valence-corrected chi connectivity index (χ4v) is 2.97. The fourth-order valence-electron chi connectivity index (χ4n) is 2.03. The lowest BCUT2D eigenvalue weighted by atomic mass is 10.1. The normalized spacial score (nSPS) is 19.1. The monoisotopic (exact) mass is 230 g/mol. The highest BCUT2D eigenvalue weighted by Crippen LogP contribution is 2.39. The van der Waals surface area contributed by atoms with E-state index in [9.17, 15) is 4.79 Å². The molecular formula is C11H22N2OS. The highest BCUT2D eigenvalue weighted by Gasteiger charge is 2.32. The van der Waals surface area contributed by atoms with E-state index < -0.39 is 0 Å². The number of amides is 1. The summed E-state index contributed by atoms with van der Waals surface area (Å²) in [6.45, 7) is 1.43. The summed E-state index contributed by atoms with van der Waals surface area (Å²) < 4.78 is 0.395. The summed E-state index contributed by atoms with van der Waals surface area (Å²) in [6, 6.07) is 0. The van der Waals surface area contributed by atoms with Crippen LogP contribution in [0.3, 0.4) is 0 Å². The average Bonchev–Trinajstić information content (AvgIpc) is 2.67. The molecule has 0 bridgehead atoms. The van der Waals surface area contributed by atoms with Crippen LogP contribution in [0.1, 0.15) is 25.7 Å². The average molecular weight is 230 g/mol. The lowest BCUT2D eigenvalue weighted by molar-refractivity contribution is -0.127. The molecule has 15 heavy (non-hydrogen) atoms. The van der Waals surface area contributed by atoms with Crippen LogP contribution in [-0.2, 0) is 4.79 Å². The Bertz CT molecular complexity index is 213. The van der Waals surface area contributed by atoms with Gasteiger partial charge in [-0.3, -0.25) is 4.79 Å². The van der Waals surface area contributed by atoms with Gasteiger partial charge in [0.2, 0.25) is 5.91 Å². The molecule has 0 aromatic rings. The van der Waals surface area contributed by atoms with Crippen molar-refractivity contribution in [1.82, 2.24) is 10.2 Å². The van der Waals surface area contributed by atoms with Gasteiger partial charge < -0.3 is 10.2 Å². The first-order valence-electron chi connectivity index (χ1n) is 5.56. The van der Waals surface area contributed by atoms with E-state index in [2.05, 4.69) is 11.6 Å².